The largest absolute Gasteiger partial charge is 0.353 e. The van der Waals surface area contributed by atoms with E-state index in [1.54, 1.807) is 0 Å². The lowest BCUT2D eigenvalue weighted by Crippen LogP contribution is -2.39. The van der Waals surface area contributed by atoms with Crippen LogP contribution in [0.1, 0.15) is 47.8 Å². The molecule has 0 radical (unpaired) electrons. The fourth-order valence-electron chi connectivity index (χ4n) is 3.61. The highest BCUT2D eigenvalue weighted by atomic mass is 19.1. The van der Waals surface area contributed by atoms with Gasteiger partial charge in [0, 0.05) is 31.5 Å². The summed E-state index contributed by atoms with van der Waals surface area (Å²) in [6.07, 6.45) is 6.72. The van der Waals surface area contributed by atoms with Crippen molar-refractivity contribution < 1.29 is 13.6 Å². The minimum atomic E-state index is -0.840. The topological polar surface area (TPSA) is 37.3 Å². The van der Waals surface area contributed by atoms with Crippen LogP contribution in [0.15, 0.2) is 36.5 Å². The van der Waals surface area contributed by atoms with Gasteiger partial charge in [0.05, 0.1) is 11.6 Å². The summed E-state index contributed by atoms with van der Waals surface area (Å²) in [6, 6.07) is 7.09. The van der Waals surface area contributed by atoms with Crippen molar-refractivity contribution in [2.45, 2.75) is 31.7 Å². The Morgan fingerprint density at radius 1 is 1.15 bits per heavy atom. The average Bonchev–Trinajstić information content (AvgIpc) is 2.86. The minimum Gasteiger partial charge on any atom is -0.353 e. The van der Waals surface area contributed by atoms with Crippen LogP contribution in [0.4, 0.5) is 8.78 Å². The van der Waals surface area contributed by atoms with Gasteiger partial charge in [-0.15, -0.1) is 0 Å². The van der Waals surface area contributed by atoms with Gasteiger partial charge in [-0.3, -0.25) is 9.69 Å². The minimum absolute atomic E-state index is 0.0283. The van der Waals surface area contributed by atoms with E-state index < -0.39 is 17.5 Å². The number of rotatable bonds is 5. The van der Waals surface area contributed by atoms with E-state index in [4.69, 9.17) is 0 Å². The molecule has 0 aliphatic carbocycles. The molecule has 1 aromatic heterocycles. The third-order valence-corrected chi connectivity index (χ3v) is 5.04. The third-order valence-electron chi connectivity index (χ3n) is 5.04. The average molecular weight is 361 g/mol. The van der Waals surface area contributed by atoms with Gasteiger partial charge in [-0.05, 0) is 50.2 Å². The second-order valence-corrected chi connectivity index (χ2v) is 6.84. The summed E-state index contributed by atoms with van der Waals surface area (Å²) in [6.45, 7) is 2.35. The molecule has 140 valence electrons. The molecule has 0 saturated carbocycles. The van der Waals surface area contributed by atoms with E-state index in [2.05, 4.69) is 20.9 Å². The van der Waals surface area contributed by atoms with Gasteiger partial charge >= 0.3 is 0 Å². The molecule has 1 saturated heterocycles. The normalized spacial score (nSPS) is 16.9. The van der Waals surface area contributed by atoms with Gasteiger partial charge in [0.15, 0.2) is 0 Å². The Hall–Kier alpha value is -2.21. The van der Waals surface area contributed by atoms with Crippen LogP contribution >= 0.6 is 0 Å². The summed E-state index contributed by atoms with van der Waals surface area (Å²) in [5.74, 6) is -2.05. The first-order chi connectivity index (χ1) is 12.6. The smallest absolute Gasteiger partial charge is 0.254 e. The number of nitrogens with zero attached hydrogens (tertiary/aromatic N) is 2. The fourth-order valence-corrected chi connectivity index (χ4v) is 3.61. The molecule has 1 aromatic carbocycles. The van der Waals surface area contributed by atoms with Crippen LogP contribution < -0.4 is 5.32 Å². The van der Waals surface area contributed by atoms with Gasteiger partial charge in [-0.25, -0.2) is 8.78 Å². The van der Waals surface area contributed by atoms with Crippen LogP contribution in [0.3, 0.4) is 0 Å². The number of amides is 1. The molecular weight excluding hydrogens is 336 g/mol. The van der Waals surface area contributed by atoms with E-state index in [9.17, 15) is 13.6 Å². The van der Waals surface area contributed by atoms with Crippen molar-refractivity contribution >= 4 is 5.91 Å². The summed E-state index contributed by atoms with van der Waals surface area (Å²) in [5, 5.41) is 2.84. The molecule has 2 aromatic rings. The standard InChI is InChI=1S/C20H25F2N3O/c1-24-10-6-7-18(24)19(25-11-4-2-3-5-12-25)14-23-20(26)16-9-8-15(21)13-17(16)22/h6-10,13,19H,2-5,11-12,14H2,1H3,(H,23,26)/t19-/m0/s1. The van der Waals surface area contributed by atoms with Gasteiger partial charge in [0.2, 0.25) is 0 Å². The first-order valence-corrected chi connectivity index (χ1v) is 9.15. The Morgan fingerprint density at radius 3 is 2.50 bits per heavy atom. The fraction of sp³-hybridized carbons (Fsp3) is 0.450. The number of hydrogen-bond donors (Lipinski definition) is 1. The number of aryl methyl sites for hydroxylation is 1. The Labute approximate surface area is 152 Å². The Bertz CT molecular complexity index is 751. The van der Waals surface area contributed by atoms with Crippen LogP contribution in [0.5, 0.6) is 0 Å². The maximum Gasteiger partial charge on any atom is 0.254 e. The van der Waals surface area contributed by atoms with Crippen molar-refractivity contribution in [3.63, 3.8) is 0 Å². The van der Waals surface area contributed by atoms with Crippen molar-refractivity contribution in [3.05, 3.63) is 59.4 Å². The predicted octanol–water partition coefficient (Wildman–Crippen LogP) is 3.65. The second-order valence-electron chi connectivity index (χ2n) is 6.84. The van der Waals surface area contributed by atoms with Crippen molar-refractivity contribution in [3.8, 4) is 0 Å². The number of aromatic nitrogens is 1. The molecule has 6 heteroatoms. The molecule has 0 bridgehead atoms. The van der Waals surface area contributed by atoms with Crippen LogP contribution in [0.2, 0.25) is 0 Å². The van der Waals surface area contributed by atoms with E-state index in [0.29, 0.717) is 6.54 Å². The van der Waals surface area contributed by atoms with E-state index in [1.807, 2.05) is 19.3 Å². The summed E-state index contributed by atoms with van der Waals surface area (Å²) >= 11 is 0. The number of likely N-dealkylation sites (tertiary alicyclic amines) is 1. The van der Waals surface area contributed by atoms with Crippen LogP contribution in [0, 0.1) is 11.6 Å². The lowest BCUT2D eigenvalue weighted by Gasteiger charge is -2.31. The van der Waals surface area contributed by atoms with Crippen molar-refractivity contribution in [1.29, 1.82) is 0 Å². The maximum atomic E-state index is 13.9. The van der Waals surface area contributed by atoms with Gasteiger partial charge < -0.3 is 9.88 Å². The highest BCUT2D eigenvalue weighted by Crippen LogP contribution is 2.24. The number of carbonyl (C=O) groups is 1. The van der Waals surface area contributed by atoms with Gasteiger partial charge in [-0.1, -0.05) is 12.8 Å². The zero-order chi connectivity index (χ0) is 18.5. The highest BCUT2D eigenvalue weighted by Gasteiger charge is 2.24. The van der Waals surface area contributed by atoms with Crippen molar-refractivity contribution in [2.75, 3.05) is 19.6 Å². The summed E-state index contributed by atoms with van der Waals surface area (Å²) in [5.41, 5.74) is 0.986. The van der Waals surface area contributed by atoms with E-state index in [1.165, 1.54) is 18.9 Å². The number of halogens is 2. The number of benzene rings is 1. The quantitative estimate of drug-likeness (QED) is 0.883. The van der Waals surface area contributed by atoms with Crippen LogP contribution in [-0.2, 0) is 7.05 Å². The number of hydrogen-bond acceptors (Lipinski definition) is 2. The summed E-state index contributed by atoms with van der Waals surface area (Å²) < 4.78 is 29.0. The first kappa shape index (κ1) is 18.6. The van der Waals surface area contributed by atoms with Crippen molar-refractivity contribution in [2.24, 2.45) is 7.05 Å². The van der Waals surface area contributed by atoms with Gasteiger partial charge in [0.1, 0.15) is 11.6 Å². The molecule has 1 amide bonds. The molecule has 1 atom stereocenters. The molecule has 0 spiro atoms. The molecule has 2 heterocycles. The summed E-state index contributed by atoms with van der Waals surface area (Å²) in [4.78, 5) is 14.8. The lowest BCUT2D eigenvalue weighted by atomic mass is 10.1. The first-order valence-electron chi connectivity index (χ1n) is 9.15. The predicted molar refractivity (Wildman–Crippen MR) is 96.9 cm³/mol. The van der Waals surface area contributed by atoms with Crippen LogP contribution in [0.25, 0.3) is 0 Å². The number of nitrogens with one attached hydrogen (secondary N) is 1. The number of carbonyl (C=O) groups excluding carboxylic acids is 1. The molecule has 1 fully saturated rings. The Kier molecular flexibility index (Phi) is 6.04. The SMILES string of the molecule is Cn1cccc1[C@H](CNC(=O)c1ccc(F)cc1F)N1CCCCCC1. The molecule has 1 aliphatic heterocycles. The zero-order valence-electron chi connectivity index (χ0n) is 15.0. The molecular formula is C20H25F2N3O. The Morgan fingerprint density at radius 2 is 1.88 bits per heavy atom. The Balaban J connectivity index is 1.75. The molecule has 26 heavy (non-hydrogen) atoms. The second kappa shape index (κ2) is 8.45. The molecule has 4 nitrogen and oxygen atoms in total. The van der Waals surface area contributed by atoms with E-state index >= 15 is 0 Å². The third kappa shape index (κ3) is 4.30. The van der Waals surface area contributed by atoms with E-state index in [0.717, 1.165) is 43.8 Å². The zero-order valence-corrected chi connectivity index (χ0v) is 15.0. The van der Waals surface area contributed by atoms with Gasteiger partial charge in [0.25, 0.3) is 5.91 Å². The summed E-state index contributed by atoms with van der Waals surface area (Å²) in [7, 11) is 1.99. The van der Waals surface area contributed by atoms with Crippen LogP contribution in [-0.4, -0.2) is 35.0 Å². The maximum absolute atomic E-state index is 13.9. The van der Waals surface area contributed by atoms with Crippen molar-refractivity contribution in [1.82, 2.24) is 14.8 Å². The van der Waals surface area contributed by atoms with Gasteiger partial charge in [-0.2, -0.15) is 0 Å². The lowest BCUT2D eigenvalue weighted by molar-refractivity contribution is 0.0927. The molecule has 1 aliphatic rings. The highest BCUT2D eigenvalue weighted by molar-refractivity contribution is 5.94. The van der Waals surface area contributed by atoms with E-state index in [-0.39, 0.29) is 11.6 Å². The molecule has 0 unspecified atom stereocenters. The molecule has 1 N–H and O–H groups in total. The monoisotopic (exact) mass is 361 g/mol. The molecule has 3 rings (SSSR count).